The first-order chi connectivity index (χ1) is 8.95. The minimum atomic E-state index is -0.873. The molecule has 0 aliphatic carbocycles. The highest BCUT2D eigenvalue weighted by Gasteiger charge is 1.97. The zero-order valence-electron chi connectivity index (χ0n) is 9.84. The summed E-state index contributed by atoms with van der Waals surface area (Å²) < 4.78 is 8.63. The summed E-state index contributed by atoms with van der Waals surface area (Å²) in [5.74, 6) is 0. The summed E-state index contributed by atoms with van der Waals surface area (Å²) in [6, 6.07) is 0. The van der Waals surface area contributed by atoms with Gasteiger partial charge in [0.2, 0.25) is 0 Å². The van der Waals surface area contributed by atoms with Gasteiger partial charge in [0, 0.05) is 42.8 Å². The normalized spacial score (nSPS) is 7.05. The molecule has 0 bridgehead atoms. The molecule has 0 amide bonds. The maximum absolute atomic E-state index is 9.95. The zero-order chi connectivity index (χ0) is 15.5. The fourth-order valence-electron chi connectivity index (χ4n) is 0.434. The van der Waals surface area contributed by atoms with E-state index in [1.165, 1.54) is 0 Å². The second-order valence-corrected chi connectivity index (χ2v) is 3.03. The van der Waals surface area contributed by atoms with E-state index in [0.717, 1.165) is 0 Å². The first-order valence-electron chi connectivity index (χ1n) is 4.81. The van der Waals surface area contributed by atoms with E-state index in [0.29, 0.717) is 12.8 Å². The van der Waals surface area contributed by atoms with Gasteiger partial charge in [0.05, 0.1) is 13.2 Å². The Morgan fingerprint density at radius 1 is 0.857 bits per heavy atom. The number of halogens is 2. The molecule has 10 heteroatoms. The minimum Gasteiger partial charge on any atom is -0.454 e. The van der Waals surface area contributed by atoms with Gasteiger partial charge in [-0.3, -0.25) is 0 Å². The number of hydrogen-bond acceptors (Lipinski definition) is 8. The van der Waals surface area contributed by atoms with E-state index < -0.39 is 10.9 Å². The van der Waals surface area contributed by atoms with Crippen molar-refractivity contribution in [2.75, 3.05) is 26.4 Å². The average molecular weight is 353 g/mol. The second kappa shape index (κ2) is 31.3. The molecule has 0 heterocycles. The summed E-state index contributed by atoms with van der Waals surface area (Å²) in [6.07, 6.45) is 1.14. The van der Waals surface area contributed by atoms with E-state index >= 15 is 0 Å². The first-order valence-corrected chi connectivity index (χ1v) is 5.57. The van der Waals surface area contributed by atoms with E-state index in [-0.39, 0.29) is 47.4 Å². The number of carbonyl (C=O) groups excluding carboxylic acids is 4. The van der Waals surface area contributed by atoms with Gasteiger partial charge in [0.15, 0.2) is 0 Å². The zero-order valence-corrected chi connectivity index (χ0v) is 11.4. The molecule has 128 valence electrons. The van der Waals surface area contributed by atoms with Gasteiger partial charge >= 0.3 is 17.0 Å². The number of carbonyl (C=O) groups is 2. The summed E-state index contributed by atoms with van der Waals surface area (Å²) in [6.45, 7) is 0.423. The third-order valence-corrected chi connectivity index (χ3v) is 1.25. The molecule has 2 N–H and O–H groups in total. The predicted octanol–water partition coefficient (Wildman–Crippen LogP) is 2.18. The van der Waals surface area contributed by atoms with Crippen LogP contribution in [0, 0.1) is 0 Å². The van der Waals surface area contributed by atoms with Crippen molar-refractivity contribution >= 4 is 40.2 Å². The van der Waals surface area contributed by atoms with Crippen LogP contribution < -0.4 is 0 Å². The molecule has 0 unspecified atom stereocenters. The highest BCUT2D eigenvalue weighted by Crippen LogP contribution is 1.92. The Morgan fingerprint density at radius 2 is 1.14 bits per heavy atom. The summed E-state index contributed by atoms with van der Waals surface area (Å²) in [4.78, 5) is 36.2. The summed E-state index contributed by atoms with van der Waals surface area (Å²) >= 11 is 9.65. The van der Waals surface area contributed by atoms with Crippen molar-refractivity contribution in [2.45, 2.75) is 27.7 Å². The van der Waals surface area contributed by atoms with E-state index in [1.54, 1.807) is 0 Å². The quantitative estimate of drug-likeness (QED) is 0.549. The van der Waals surface area contributed by atoms with Gasteiger partial charge in [-0.1, -0.05) is 14.9 Å². The van der Waals surface area contributed by atoms with Crippen molar-refractivity contribution < 1.29 is 38.9 Å². The molecule has 0 aromatic carbocycles. The monoisotopic (exact) mass is 352 g/mol. The SMILES string of the molecule is C.C.O=C(Cl)OCCCOC(=O)Cl.O=C=O.OCCCO. The molecule has 21 heavy (non-hydrogen) atoms. The Labute approximate surface area is 133 Å². The summed E-state index contributed by atoms with van der Waals surface area (Å²) in [7, 11) is 0. The van der Waals surface area contributed by atoms with E-state index in [4.69, 9.17) is 43.0 Å². The Bertz CT molecular complexity index is 237. The maximum atomic E-state index is 9.95. The van der Waals surface area contributed by atoms with Gasteiger partial charge in [-0.05, 0) is 6.42 Å². The van der Waals surface area contributed by atoms with Crippen molar-refractivity contribution in [3.05, 3.63) is 0 Å². The first kappa shape index (κ1) is 32.0. The third kappa shape index (κ3) is 68.4. The van der Waals surface area contributed by atoms with Gasteiger partial charge in [-0.2, -0.15) is 9.59 Å². The Kier molecular flexibility index (Phi) is 47.6. The van der Waals surface area contributed by atoms with Crippen LogP contribution in [0.5, 0.6) is 0 Å². The molecule has 0 aliphatic rings. The Balaban J connectivity index is -0.0000000726. The van der Waals surface area contributed by atoms with Crippen molar-refractivity contribution in [2.24, 2.45) is 0 Å². The van der Waals surface area contributed by atoms with Crippen molar-refractivity contribution in [1.29, 1.82) is 0 Å². The van der Waals surface area contributed by atoms with Crippen molar-refractivity contribution in [3.63, 3.8) is 0 Å². The highest BCUT2D eigenvalue weighted by atomic mass is 35.5. The fraction of sp³-hybridized carbons (Fsp3) is 0.727. The van der Waals surface area contributed by atoms with Crippen LogP contribution in [-0.4, -0.2) is 53.6 Å². The van der Waals surface area contributed by atoms with E-state index in [9.17, 15) is 9.59 Å². The Morgan fingerprint density at radius 3 is 1.29 bits per heavy atom. The van der Waals surface area contributed by atoms with Crippen LogP contribution in [0.3, 0.4) is 0 Å². The Hall–Kier alpha value is -1.18. The van der Waals surface area contributed by atoms with Gasteiger partial charge < -0.3 is 19.7 Å². The molecule has 0 aliphatic heterocycles. The standard InChI is InChI=1S/C5H6Cl2O4.C3H8O2.CO2.2CH4/c6-4(8)10-2-1-3-11-5(7)9;4-2-1-3-5;2-1-3;;/h1-3H2;4-5H,1-3H2;;2*1H4. The maximum Gasteiger partial charge on any atom is 0.403 e. The molecule has 8 nitrogen and oxygen atoms in total. The van der Waals surface area contributed by atoms with Crippen LogP contribution in [0.25, 0.3) is 0 Å². The number of aliphatic hydroxyl groups is 2. The lowest BCUT2D eigenvalue weighted by molar-refractivity contribution is -0.191. The molecule has 0 spiro atoms. The number of rotatable bonds is 6. The second-order valence-electron chi connectivity index (χ2n) is 2.41. The van der Waals surface area contributed by atoms with Crippen LogP contribution in [0.15, 0.2) is 0 Å². The average Bonchev–Trinajstić information content (AvgIpc) is 2.30. The number of hydrogen-bond donors (Lipinski definition) is 2. The molecule has 0 aromatic rings. The predicted molar refractivity (Wildman–Crippen MR) is 76.3 cm³/mol. The molecule has 0 atom stereocenters. The molecule has 0 saturated carbocycles. The molecule has 0 saturated heterocycles. The van der Waals surface area contributed by atoms with Crippen molar-refractivity contribution in [3.8, 4) is 0 Å². The lowest BCUT2D eigenvalue weighted by atomic mass is 10.5. The highest BCUT2D eigenvalue weighted by molar-refractivity contribution is 6.61. The van der Waals surface area contributed by atoms with Gasteiger partial charge in [0.25, 0.3) is 0 Å². The fourth-order valence-corrected chi connectivity index (χ4v) is 0.589. The number of aliphatic hydroxyl groups excluding tert-OH is 2. The van der Waals surface area contributed by atoms with Crippen LogP contribution >= 0.6 is 23.2 Å². The molecular weight excluding hydrogens is 331 g/mol. The molecule has 0 aromatic heterocycles. The lowest BCUT2D eigenvalue weighted by Gasteiger charge is -1.99. The van der Waals surface area contributed by atoms with Crippen LogP contribution in [0.1, 0.15) is 27.7 Å². The lowest BCUT2D eigenvalue weighted by Crippen LogP contribution is -2.02. The van der Waals surface area contributed by atoms with Crippen LogP contribution in [0.4, 0.5) is 9.59 Å². The summed E-state index contributed by atoms with van der Waals surface area (Å²) in [5, 5.41) is 15.8. The molecule has 0 rings (SSSR count). The van der Waals surface area contributed by atoms with E-state index in [1.807, 2.05) is 0 Å². The van der Waals surface area contributed by atoms with Crippen molar-refractivity contribution in [1.82, 2.24) is 0 Å². The van der Waals surface area contributed by atoms with Crippen LogP contribution in [-0.2, 0) is 19.1 Å². The van der Waals surface area contributed by atoms with Gasteiger partial charge in [0.1, 0.15) is 0 Å². The topological polar surface area (TPSA) is 127 Å². The third-order valence-electron chi connectivity index (χ3n) is 1.04. The molecular formula is C11H22Cl2O8. The summed E-state index contributed by atoms with van der Waals surface area (Å²) in [5.41, 5.74) is -1.75. The minimum absolute atomic E-state index is 0. The smallest absolute Gasteiger partial charge is 0.403 e. The van der Waals surface area contributed by atoms with Crippen LogP contribution in [0.2, 0.25) is 0 Å². The number of ether oxygens (including phenoxy) is 2. The largest absolute Gasteiger partial charge is 0.454 e. The van der Waals surface area contributed by atoms with Gasteiger partial charge in [-0.15, -0.1) is 0 Å². The van der Waals surface area contributed by atoms with Gasteiger partial charge in [-0.25, -0.2) is 9.59 Å². The molecule has 0 fully saturated rings. The molecule has 0 radical (unpaired) electrons. The van der Waals surface area contributed by atoms with E-state index in [2.05, 4.69) is 9.47 Å².